The van der Waals surface area contributed by atoms with E-state index in [0.717, 1.165) is 12.1 Å². The van der Waals surface area contributed by atoms with Crippen LogP contribution in [0, 0.1) is 20.2 Å². The summed E-state index contributed by atoms with van der Waals surface area (Å²) in [5, 5.41) is 28.7. The first-order chi connectivity index (χ1) is 13.6. The van der Waals surface area contributed by atoms with Crippen molar-refractivity contribution >= 4 is 38.9 Å². The van der Waals surface area contributed by atoms with Crippen LogP contribution in [0.2, 0.25) is 0 Å². The summed E-state index contributed by atoms with van der Waals surface area (Å²) < 4.78 is 26.8. The molecule has 0 amide bonds. The standard InChI is InChI=1S/C15H12N4O9S/c1-2-29(25,26)28-17-11-5-3-10(4-6-11)16-27-15(20)13-8-7-12(18(21)22)9-14(13)19(23)24/h3-9H,2H2,1H3. The molecular weight excluding hydrogens is 412 g/mol. The normalized spacial score (nSPS) is 13.0. The SMILES string of the molecule is CCS(=O)(=O)ON=C1C=CC(=NOC(=O)c2ccc([N+](=O)[O-])cc2[N+](=O)[O-])C=C1. The average molecular weight is 424 g/mol. The van der Waals surface area contributed by atoms with Gasteiger partial charge in [0, 0.05) is 6.07 Å². The first kappa shape index (κ1) is 21.4. The Morgan fingerprint density at radius 1 is 1.03 bits per heavy atom. The number of hydrogen-bond acceptors (Lipinski definition) is 11. The van der Waals surface area contributed by atoms with Gasteiger partial charge in [-0.3, -0.25) is 24.5 Å². The van der Waals surface area contributed by atoms with Gasteiger partial charge in [-0.15, -0.1) is 0 Å². The van der Waals surface area contributed by atoms with Crippen molar-refractivity contribution in [1.82, 2.24) is 0 Å². The smallest absolute Gasteiger partial charge is 0.312 e. The van der Waals surface area contributed by atoms with E-state index in [1.54, 1.807) is 0 Å². The second-order valence-corrected chi connectivity index (χ2v) is 7.06. The van der Waals surface area contributed by atoms with Crippen LogP contribution >= 0.6 is 0 Å². The molecule has 1 aromatic rings. The Morgan fingerprint density at radius 3 is 2.14 bits per heavy atom. The molecule has 13 nitrogen and oxygen atoms in total. The van der Waals surface area contributed by atoms with Gasteiger partial charge in [0.2, 0.25) is 0 Å². The highest BCUT2D eigenvalue weighted by molar-refractivity contribution is 7.86. The van der Waals surface area contributed by atoms with Crippen molar-refractivity contribution in [3.63, 3.8) is 0 Å². The van der Waals surface area contributed by atoms with Crippen molar-refractivity contribution in [2.24, 2.45) is 10.3 Å². The Hall–Kier alpha value is -3.94. The molecule has 14 heteroatoms. The van der Waals surface area contributed by atoms with Crippen LogP contribution in [-0.4, -0.2) is 41.4 Å². The van der Waals surface area contributed by atoms with Gasteiger partial charge in [-0.25, -0.2) is 4.79 Å². The lowest BCUT2D eigenvalue weighted by atomic mass is 10.1. The van der Waals surface area contributed by atoms with Crippen LogP contribution in [0.3, 0.4) is 0 Å². The third kappa shape index (κ3) is 5.77. The molecule has 0 spiro atoms. The van der Waals surface area contributed by atoms with Crippen molar-refractivity contribution in [2.45, 2.75) is 6.92 Å². The minimum Gasteiger partial charge on any atom is -0.312 e. The fraction of sp³-hybridized carbons (Fsp3) is 0.133. The summed E-state index contributed by atoms with van der Waals surface area (Å²) in [6.07, 6.45) is 5.29. The predicted octanol–water partition coefficient (Wildman–Crippen LogP) is 1.86. The Kier molecular flexibility index (Phi) is 6.51. The van der Waals surface area contributed by atoms with Crippen molar-refractivity contribution < 1.29 is 32.2 Å². The van der Waals surface area contributed by atoms with Crippen LogP contribution in [0.25, 0.3) is 0 Å². The van der Waals surface area contributed by atoms with Crippen LogP contribution in [0.4, 0.5) is 11.4 Å². The maximum Gasteiger partial charge on any atom is 0.372 e. The van der Waals surface area contributed by atoms with E-state index in [1.165, 1.54) is 31.2 Å². The van der Waals surface area contributed by atoms with E-state index in [1.807, 2.05) is 0 Å². The van der Waals surface area contributed by atoms with E-state index >= 15 is 0 Å². The lowest BCUT2D eigenvalue weighted by molar-refractivity contribution is -0.394. The van der Waals surface area contributed by atoms with Crippen molar-refractivity contribution in [3.05, 3.63) is 68.3 Å². The molecule has 0 saturated heterocycles. The van der Waals surface area contributed by atoms with Gasteiger partial charge in [0.15, 0.2) is 0 Å². The summed E-state index contributed by atoms with van der Waals surface area (Å²) >= 11 is 0. The number of allylic oxidation sites excluding steroid dienone is 4. The Labute approximate surface area is 163 Å². The van der Waals surface area contributed by atoms with Crippen molar-refractivity contribution in [3.8, 4) is 0 Å². The minimum absolute atomic E-state index is 0.111. The molecule has 0 saturated carbocycles. The highest BCUT2D eigenvalue weighted by Crippen LogP contribution is 2.25. The quantitative estimate of drug-likeness (QED) is 0.273. The van der Waals surface area contributed by atoms with Gasteiger partial charge >= 0.3 is 16.1 Å². The van der Waals surface area contributed by atoms with Gasteiger partial charge in [-0.1, -0.05) is 10.3 Å². The molecule has 0 fully saturated rings. The van der Waals surface area contributed by atoms with E-state index in [4.69, 9.17) is 0 Å². The summed E-state index contributed by atoms with van der Waals surface area (Å²) in [7, 11) is -3.76. The van der Waals surface area contributed by atoms with E-state index in [0.29, 0.717) is 6.07 Å². The van der Waals surface area contributed by atoms with Crippen molar-refractivity contribution in [1.29, 1.82) is 0 Å². The van der Waals surface area contributed by atoms with Gasteiger partial charge in [0.05, 0.1) is 21.7 Å². The molecule has 0 heterocycles. The molecule has 152 valence electrons. The maximum absolute atomic E-state index is 12.0. The van der Waals surface area contributed by atoms with Gasteiger partial charge < -0.3 is 4.84 Å². The lowest BCUT2D eigenvalue weighted by Crippen LogP contribution is -2.09. The highest BCUT2D eigenvalue weighted by atomic mass is 32.2. The summed E-state index contributed by atoms with van der Waals surface area (Å²) in [6.45, 7) is 1.39. The summed E-state index contributed by atoms with van der Waals surface area (Å²) in [4.78, 5) is 36.6. The molecule has 0 atom stereocenters. The highest BCUT2D eigenvalue weighted by Gasteiger charge is 2.25. The number of rotatable bonds is 7. The molecule has 0 aromatic heterocycles. The van der Waals surface area contributed by atoms with Crippen LogP contribution < -0.4 is 0 Å². The second-order valence-electron chi connectivity index (χ2n) is 5.21. The summed E-state index contributed by atoms with van der Waals surface area (Å²) in [6, 6.07) is 2.45. The zero-order valence-electron chi connectivity index (χ0n) is 14.6. The molecule has 1 aliphatic carbocycles. The minimum atomic E-state index is -3.76. The van der Waals surface area contributed by atoms with Gasteiger partial charge in [-0.05, 0) is 37.3 Å². The lowest BCUT2D eigenvalue weighted by Gasteiger charge is -2.03. The number of non-ortho nitro benzene ring substituents is 1. The predicted molar refractivity (Wildman–Crippen MR) is 98.9 cm³/mol. The number of nitrogens with zero attached hydrogens (tertiary/aromatic N) is 4. The van der Waals surface area contributed by atoms with Crippen LogP contribution in [-0.2, 0) is 19.2 Å². The number of carbonyl (C=O) groups excluding carboxylic acids is 1. The molecule has 1 aliphatic rings. The molecule has 0 aliphatic heterocycles. The van der Waals surface area contributed by atoms with Gasteiger partial charge in [0.25, 0.3) is 11.4 Å². The Morgan fingerprint density at radius 2 is 1.62 bits per heavy atom. The zero-order valence-corrected chi connectivity index (χ0v) is 15.4. The number of carbonyl (C=O) groups is 1. The van der Waals surface area contributed by atoms with Crippen LogP contribution in [0.15, 0.2) is 52.8 Å². The van der Waals surface area contributed by atoms with Gasteiger partial charge in [0.1, 0.15) is 17.0 Å². The van der Waals surface area contributed by atoms with E-state index in [9.17, 15) is 33.4 Å². The molecule has 0 bridgehead atoms. The topological polar surface area (TPSA) is 181 Å². The second kappa shape index (κ2) is 8.83. The molecule has 0 unspecified atom stereocenters. The number of hydrogen-bond donors (Lipinski definition) is 0. The first-order valence-electron chi connectivity index (χ1n) is 7.70. The zero-order chi connectivity index (χ0) is 21.6. The Balaban J connectivity index is 2.12. The molecule has 0 N–H and O–H groups in total. The third-order valence-electron chi connectivity index (χ3n) is 3.30. The monoisotopic (exact) mass is 424 g/mol. The van der Waals surface area contributed by atoms with Gasteiger partial charge in [-0.2, -0.15) is 8.42 Å². The number of nitro groups is 2. The Bertz CT molecular complexity index is 1070. The number of oxime groups is 2. The fourth-order valence-corrected chi connectivity index (χ4v) is 2.13. The largest absolute Gasteiger partial charge is 0.372 e. The van der Waals surface area contributed by atoms with Crippen molar-refractivity contribution in [2.75, 3.05) is 5.75 Å². The maximum atomic E-state index is 12.0. The van der Waals surface area contributed by atoms with E-state index in [2.05, 4.69) is 19.4 Å². The molecule has 2 rings (SSSR count). The molecule has 0 radical (unpaired) electrons. The fourth-order valence-electron chi connectivity index (χ4n) is 1.83. The van der Waals surface area contributed by atoms with E-state index < -0.39 is 42.9 Å². The summed E-state index contributed by atoms with van der Waals surface area (Å²) in [5.41, 5.74) is -1.62. The average Bonchev–Trinajstić information content (AvgIpc) is 2.70. The first-order valence-corrected chi connectivity index (χ1v) is 9.28. The molecule has 1 aromatic carbocycles. The molecular formula is C15H12N4O9S. The third-order valence-corrected chi connectivity index (χ3v) is 4.31. The van der Waals surface area contributed by atoms with Crippen LogP contribution in [0.1, 0.15) is 17.3 Å². The molecule has 29 heavy (non-hydrogen) atoms. The van der Waals surface area contributed by atoms with E-state index in [-0.39, 0.29) is 17.2 Å². The van der Waals surface area contributed by atoms with Crippen LogP contribution in [0.5, 0.6) is 0 Å². The number of benzene rings is 1. The summed E-state index contributed by atoms with van der Waals surface area (Å²) in [5.74, 6) is -1.45. The number of nitro benzene ring substituents is 2.